The van der Waals surface area contributed by atoms with E-state index >= 15 is 0 Å². The van der Waals surface area contributed by atoms with Gasteiger partial charge in [-0.3, -0.25) is 4.98 Å². The largest absolute Gasteiger partial charge is 0.491 e. The quantitative estimate of drug-likeness (QED) is 0.497. The third-order valence-corrected chi connectivity index (χ3v) is 7.39. The summed E-state index contributed by atoms with van der Waals surface area (Å²) in [6.45, 7) is 4.40. The number of pyridine rings is 1. The number of hydrogen-bond donors (Lipinski definition) is 0. The second-order valence-corrected chi connectivity index (χ2v) is 9.57. The van der Waals surface area contributed by atoms with Crippen molar-refractivity contribution >= 4 is 11.8 Å². The highest BCUT2D eigenvalue weighted by Crippen LogP contribution is 2.50. The van der Waals surface area contributed by atoms with Crippen molar-refractivity contribution in [2.24, 2.45) is 23.7 Å². The lowest BCUT2D eigenvalue weighted by molar-refractivity contribution is -0.000912. The second kappa shape index (κ2) is 10.1. The monoisotopic (exact) mass is 433 g/mol. The summed E-state index contributed by atoms with van der Waals surface area (Å²) in [6.07, 6.45) is 4.45. The standard InChI is InChI=1S/C24H29F2NO2S/c1-2-30-15-18-11-20(18)21-14-28-9-7-16(21)8-10-29-24-6-3-17(12-22(24)26)23-5-4-19(25)13-27-23/h3-6,12-13,16,18,20-21H,2,7-11,14-15H2,1H3. The Morgan fingerprint density at radius 3 is 2.83 bits per heavy atom. The number of benzene rings is 1. The Labute approximate surface area is 181 Å². The molecule has 0 N–H and O–H groups in total. The molecule has 0 amide bonds. The summed E-state index contributed by atoms with van der Waals surface area (Å²) in [5, 5.41) is 0. The first-order valence-corrected chi connectivity index (χ1v) is 12.0. The topological polar surface area (TPSA) is 31.4 Å². The molecule has 0 spiro atoms. The minimum atomic E-state index is -0.416. The van der Waals surface area contributed by atoms with E-state index in [0.717, 1.165) is 44.1 Å². The number of aromatic nitrogens is 1. The van der Waals surface area contributed by atoms with Crippen molar-refractivity contribution in [2.75, 3.05) is 31.3 Å². The van der Waals surface area contributed by atoms with Gasteiger partial charge in [0.2, 0.25) is 0 Å². The molecule has 162 valence electrons. The number of ether oxygens (including phenoxy) is 2. The van der Waals surface area contributed by atoms with Crippen molar-refractivity contribution in [3.8, 4) is 17.0 Å². The minimum Gasteiger partial charge on any atom is -0.491 e. The predicted octanol–water partition coefficient (Wildman–Crippen LogP) is 5.84. The summed E-state index contributed by atoms with van der Waals surface area (Å²) < 4.78 is 39.1. The van der Waals surface area contributed by atoms with Crippen LogP contribution in [0.25, 0.3) is 11.3 Å². The zero-order valence-corrected chi connectivity index (χ0v) is 18.2. The van der Waals surface area contributed by atoms with E-state index in [4.69, 9.17) is 9.47 Å². The fraction of sp³-hybridized carbons (Fsp3) is 0.542. The van der Waals surface area contributed by atoms with Crippen LogP contribution in [0.2, 0.25) is 0 Å². The first-order valence-electron chi connectivity index (χ1n) is 10.9. The lowest BCUT2D eigenvalue weighted by atomic mass is 9.82. The average molecular weight is 434 g/mol. The van der Waals surface area contributed by atoms with E-state index in [1.807, 2.05) is 11.8 Å². The van der Waals surface area contributed by atoms with E-state index in [-0.39, 0.29) is 5.75 Å². The molecule has 30 heavy (non-hydrogen) atoms. The molecular weight excluding hydrogens is 404 g/mol. The first kappa shape index (κ1) is 21.6. The normalized spacial score (nSPS) is 25.8. The van der Waals surface area contributed by atoms with Crippen molar-refractivity contribution in [2.45, 2.75) is 26.2 Å². The minimum absolute atomic E-state index is 0.258. The SMILES string of the molecule is CCSCC1CC1C1COCCC1CCOc1ccc(-c2ccc(F)cn2)cc1F. The smallest absolute Gasteiger partial charge is 0.165 e. The van der Waals surface area contributed by atoms with Gasteiger partial charge < -0.3 is 9.47 Å². The molecule has 1 aliphatic heterocycles. The van der Waals surface area contributed by atoms with Crippen molar-refractivity contribution in [1.82, 2.24) is 4.98 Å². The van der Waals surface area contributed by atoms with Crippen LogP contribution in [-0.4, -0.2) is 36.3 Å². The van der Waals surface area contributed by atoms with Crippen LogP contribution in [0.3, 0.4) is 0 Å². The molecule has 2 aromatic rings. The van der Waals surface area contributed by atoms with Crippen LogP contribution >= 0.6 is 11.8 Å². The Hall–Kier alpha value is -1.66. The lowest BCUT2D eigenvalue weighted by Crippen LogP contribution is -2.31. The third kappa shape index (κ3) is 5.33. The molecular formula is C24H29F2NO2S. The number of nitrogens with zero attached hydrogens (tertiary/aromatic N) is 1. The van der Waals surface area contributed by atoms with Gasteiger partial charge in [-0.25, -0.2) is 8.78 Å². The van der Waals surface area contributed by atoms with Crippen LogP contribution < -0.4 is 4.74 Å². The maximum Gasteiger partial charge on any atom is 0.165 e. The van der Waals surface area contributed by atoms with Gasteiger partial charge >= 0.3 is 0 Å². The van der Waals surface area contributed by atoms with Gasteiger partial charge in [-0.2, -0.15) is 11.8 Å². The van der Waals surface area contributed by atoms with Crippen LogP contribution in [0, 0.1) is 35.3 Å². The Bertz CT molecular complexity index is 832. The zero-order valence-electron chi connectivity index (χ0n) is 17.4. The van der Waals surface area contributed by atoms with E-state index in [2.05, 4.69) is 11.9 Å². The number of halogens is 2. The molecule has 0 radical (unpaired) electrons. The van der Waals surface area contributed by atoms with E-state index < -0.39 is 11.6 Å². The Morgan fingerprint density at radius 1 is 1.17 bits per heavy atom. The molecule has 4 unspecified atom stereocenters. The van der Waals surface area contributed by atoms with Crippen LogP contribution in [0.4, 0.5) is 8.78 Å². The summed E-state index contributed by atoms with van der Waals surface area (Å²) in [4.78, 5) is 4.00. The van der Waals surface area contributed by atoms with Gasteiger partial charge in [-0.05, 0) is 84.8 Å². The Morgan fingerprint density at radius 2 is 2.07 bits per heavy atom. The molecule has 2 fully saturated rings. The fourth-order valence-corrected chi connectivity index (χ4v) is 5.46. The molecule has 1 saturated carbocycles. The molecule has 6 heteroatoms. The molecule has 1 aliphatic carbocycles. The molecule has 0 bridgehead atoms. The van der Waals surface area contributed by atoms with Crippen molar-refractivity contribution in [3.63, 3.8) is 0 Å². The van der Waals surface area contributed by atoms with Gasteiger partial charge in [-0.15, -0.1) is 0 Å². The van der Waals surface area contributed by atoms with Crippen LogP contribution in [0.5, 0.6) is 5.75 Å². The molecule has 4 atom stereocenters. The molecule has 1 aromatic heterocycles. The van der Waals surface area contributed by atoms with E-state index in [0.29, 0.717) is 29.7 Å². The van der Waals surface area contributed by atoms with E-state index in [1.54, 1.807) is 18.2 Å². The molecule has 2 heterocycles. The highest BCUT2D eigenvalue weighted by molar-refractivity contribution is 7.99. The van der Waals surface area contributed by atoms with Crippen molar-refractivity contribution in [3.05, 3.63) is 48.2 Å². The van der Waals surface area contributed by atoms with Gasteiger partial charge in [0.15, 0.2) is 11.6 Å². The lowest BCUT2D eigenvalue weighted by Gasteiger charge is -2.32. The molecule has 3 nitrogen and oxygen atoms in total. The summed E-state index contributed by atoms with van der Waals surface area (Å²) in [6, 6.07) is 7.65. The number of rotatable bonds is 9. The molecule has 2 aliphatic rings. The van der Waals surface area contributed by atoms with Crippen LogP contribution in [0.1, 0.15) is 26.2 Å². The highest BCUT2D eigenvalue weighted by atomic mass is 32.2. The molecule has 4 rings (SSSR count). The van der Waals surface area contributed by atoms with E-state index in [9.17, 15) is 8.78 Å². The van der Waals surface area contributed by atoms with Crippen molar-refractivity contribution < 1.29 is 18.3 Å². The number of thioether (sulfide) groups is 1. The summed E-state index contributed by atoms with van der Waals surface area (Å²) in [5.41, 5.74) is 1.14. The summed E-state index contributed by atoms with van der Waals surface area (Å²) >= 11 is 2.03. The maximum absolute atomic E-state index is 14.5. The van der Waals surface area contributed by atoms with Gasteiger partial charge in [-0.1, -0.05) is 6.92 Å². The van der Waals surface area contributed by atoms with Gasteiger partial charge in [0.05, 0.1) is 18.5 Å². The van der Waals surface area contributed by atoms with Gasteiger partial charge in [0.25, 0.3) is 0 Å². The Kier molecular flexibility index (Phi) is 7.26. The fourth-order valence-electron chi connectivity index (χ4n) is 4.54. The van der Waals surface area contributed by atoms with Gasteiger partial charge in [0, 0.05) is 18.8 Å². The summed E-state index contributed by atoms with van der Waals surface area (Å²) in [5.74, 6) is 4.71. The molecule has 1 saturated heterocycles. The number of hydrogen-bond acceptors (Lipinski definition) is 4. The van der Waals surface area contributed by atoms with E-state index in [1.165, 1.54) is 30.1 Å². The average Bonchev–Trinajstić information content (AvgIpc) is 3.54. The predicted molar refractivity (Wildman–Crippen MR) is 117 cm³/mol. The Balaban J connectivity index is 1.30. The van der Waals surface area contributed by atoms with Gasteiger partial charge in [0.1, 0.15) is 5.82 Å². The van der Waals surface area contributed by atoms with Crippen LogP contribution in [0.15, 0.2) is 36.5 Å². The third-order valence-electron chi connectivity index (χ3n) is 6.31. The van der Waals surface area contributed by atoms with Crippen LogP contribution in [-0.2, 0) is 4.74 Å². The summed E-state index contributed by atoms with van der Waals surface area (Å²) in [7, 11) is 0. The maximum atomic E-state index is 14.5. The second-order valence-electron chi connectivity index (χ2n) is 8.25. The highest BCUT2D eigenvalue weighted by Gasteiger charge is 2.46. The first-order chi connectivity index (χ1) is 14.7. The van der Waals surface area contributed by atoms with Crippen molar-refractivity contribution in [1.29, 1.82) is 0 Å². The zero-order chi connectivity index (χ0) is 20.9. The molecule has 1 aromatic carbocycles.